The van der Waals surface area contributed by atoms with E-state index in [1.165, 1.54) is 29.4 Å². The van der Waals surface area contributed by atoms with Crippen LogP contribution in [0.4, 0.5) is 0 Å². The highest BCUT2D eigenvalue weighted by Crippen LogP contribution is 2.26. The molecule has 25 heavy (non-hydrogen) atoms. The number of nitrogens with one attached hydrogen (secondary N) is 2. The van der Waals surface area contributed by atoms with Crippen molar-refractivity contribution in [3.05, 3.63) is 35.5 Å². The maximum Gasteiger partial charge on any atom is 0.248 e. The average molecular weight is 342 g/mol. The Kier molecular flexibility index (Phi) is 5.79. The lowest BCUT2D eigenvalue weighted by Gasteiger charge is -2.28. The minimum atomic E-state index is -0.374. The van der Waals surface area contributed by atoms with Crippen LogP contribution >= 0.6 is 0 Å². The van der Waals surface area contributed by atoms with E-state index in [1.54, 1.807) is 0 Å². The number of ether oxygens (including phenoxy) is 1. The molecule has 1 heterocycles. The molecule has 1 amide bonds. The SMILES string of the molecule is Cc1ccc2c(CCNC(=O)C(C)OC3CCCC(C)C3)c[nH]c2c1. The highest BCUT2D eigenvalue weighted by molar-refractivity contribution is 5.84. The largest absolute Gasteiger partial charge is 0.365 e. The summed E-state index contributed by atoms with van der Waals surface area (Å²) in [5.74, 6) is 0.702. The molecule has 3 atom stereocenters. The number of hydrogen-bond acceptors (Lipinski definition) is 2. The first-order valence-corrected chi connectivity index (χ1v) is 9.52. The van der Waals surface area contributed by atoms with Gasteiger partial charge >= 0.3 is 0 Å². The maximum atomic E-state index is 12.3. The number of carbonyl (C=O) groups excluding carboxylic acids is 1. The van der Waals surface area contributed by atoms with Crippen LogP contribution in [0.25, 0.3) is 10.9 Å². The van der Waals surface area contributed by atoms with Crippen LogP contribution in [-0.4, -0.2) is 29.6 Å². The second-order valence-corrected chi connectivity index (χ2v) is 7.58. The summed E-state index contributed by atoms with van der Waals surface area (Å²) in [6, 6.07) is 6.42. The molecular weight excluding hydrogens is 312 g/mol. The zero-order valence-electron chi connectivity index (χ0n) is 15.6. The quantitative estimate of drug-likeness (QED) is 0.830. The summed E-state index contributed by atoms with van der Waals surface area (Å²) in [5.41, 5.74) is 3.65. The van der Waals surface area contributed by atoms with Gasteiger partial charge in [0.05, 0.1) is 6.10 Å². The number of rotatable bonds is 6. The van der Waals surface area contributed by atoms with E-state index in [0.29, 0.717) is 12.5 Å². The molecule has 0 spiro atoms. The monoisotopic (exact) mass is 342 g/mol. The van der Waals surface area contributed by atoms with Crippen molar-refractivity contribution < 1.29 is 9.53 Å². The fraction of sp³-hybridized carbons (Fsp3) is 0.571. The van der Waals surface area contributed by atoms with Crippen LogP contribution in [0.3, 0.4) is 0 Å². The standard InChI is InChI=1S/C21H30N2O2/c1-14-5-4-6-18(11-14)25-16(3)21(24)22-10-9-17-13-23-20-12-15(2)7-8-19(17)20/h7-8,12-14,16,18,23H,4-6,9-11H2,1-3H3,(H,22,24). The van der Waals surface area contributed by atoms with Gasteiger partial charge < -0.3 is 15.0 Å². The van der Waals surface area contributed by atoms with Crippen LogP contribution in [0.2, 0.25) is 0 Å². The second-order valence-electron chi connectivity index (χ2n) is 7.58. The Balaban J connectivity index is 1.46. The number of amides is 1. The van der Waals surface area contributed by atoms with Gasteiger partial charge in [-0.15, -0.1) is 0 Å². The lowest BCUT2D eigenvalue weighted by Crippen LogP contribution is -2.38. The molecule has 1 aliphatic carbocycles. The minimum Gasteiger partial charge on any atom is -0.365 e. The van der Waals surface area contributed by atoms with E-state index in [9.17, 15) is 4.79 Å². The molecule has 4 heteroatoms. The summed E-state index contributed by atoms with van der Waals surface area (Å²) in [4.78, 5) is 15.6. The van der Waals surface area contributed by atoms with Crippen LogP contribution in [0, 0.1) is 12.8 Å². The first-order valence-electron chi connectivity index (χ1n) is 9.52. The third kappa shape index (κ3) is 4.63. The van der Waals surface area contributed by atoms with Crippen molar-refractivity contribution in [2.24, 2.45) is 5.92 Å². The summed E-state index contributed by atoms with van der Waals surface area (Å²) < 4.78 is 5.98. The normalized spacial score (nSPS) is 22.0. The lowest BCUT2D eigenvalue weighted by molar-refractivity contribution is -0.137. The summed E-state index contributed by atoms with van der Waals surface area (Å²) in [6.07, 6.45) is 7.37. The zero-order valence-corrected chi connectivity index (χ0v) is 15.6. The van der Waals surface area contributed by atoms with Crippen LogP contribution in [0.15, 0.2) is 24.4 Å². The highest BCUT2D eigenvalue weighted by Gasteiger charge is 2.23. The minimum absolute atomic E-state index is 0.00564. The Morgan fingerprint density at radius 2 is 2.24 bits per heavy atom. The van der Waals surface area contributed by atoms with Gasteiger partial charge in [0.1, 0.15) is 6.10 Å². The fourth-order valence-corrected chi connectivity index (χ4v) is 3.82. The number of hydrogen-bond donors (Lipinski definition) is 2. The molecule has 0 radical (unpaired) electrons. The number of aryl methyl sites for hydroxylation is 1. The molecule has 4 nitrogen and oxygen atoms in total. The Morgan fingerprint density at radius 3 is 3.04 bits per heavy atom. The van der Waals surface area contributed by atoms with Gasteiger partial charge in [-0.3, -0.25) is 4.79 Å². The number of aromatic nitrogens is 1. The molecule has 0 aliphatic heterocycles. The molecule has 2 N–H and O–H groups in total. The van der Waals surface area contributed by atoms with Crippen molar-refractivity contribution in [3.63, 3.8) is 0 Å². The van der Waals surface area contributed by atoms with E-state index in [2.05, 4.69) is 42.3 Å². The molecule has 1 aliphatic rings. The van der Waals surface area contributed by atoms with Crippen molar-refractivity contribution in [1.82, 2.24) is 10.3 Å². The summed E-state index contributed by atoms with van der Waals surface area (Å²) >= 11 is 0. The third-order valence-electron chi connectivity index (χ3n) is 5.27. The van der Waals surface area contributed by atoms with Gasteiger partial charge in [0.2, 0.25) is 5.91 Å². The van der Waals surface area contributed by atoms with Crippen molar-refractivity contribution in [3.8, 4) is 0 Å². The van der Waals surface area contributed by atoms with Gasteiger partial charge in [-0.1, -0.05) is 31.9 Å². The van der Waals surface area contributed by atoms with E-state index in [1.807, 2.05) is 13.1 Å². The molecule has 3 rings (SSSR count). The van der Waals surface area contributed by atoms with E-state index in [-0.39, 0.29) is 18.1 Å². The topological polar surface area (TPSA) is 54.1 Å². The van der Waals surface area contributed by atoms with Crippen molar-refractivity contribution in [2.45, 2.75) is 65.1 Å². The van der Waals surface area contributed by atoms with E-state index < -0.39 is 0 Å². The first kappa shape index (κ1) is 18.0. The first-order chi connectivity index (χ1) is 12.0. The van der Waals surface area contributed by atoms with Crippen LogP contribution < -0.4 is 5.32 Å². The fourth-order valence-electron chi connectivity index (χ4n) is 3.82. The zero-order chi connectivity index (χ0) is 17.8. The van der Waals surface area contributed by atoms with Gasteiger partial charge in [0.15, 0.2) is 0 Å². The number of carbonyl (C=O) groups is 1. The summed E-state index contributed by atoms with van der Waals surface area (Å²) in [7, 11) is 0. The van der Waals surface area contributed by atoms with Crippen molar-refractivity contribution in [1.29, 1.82) is 0 Å². The predicted molar refractivity (Wildman–Crippen MR) is 102 cm³/mol. The van der Waals surface area contributed by atoms with Crippen molar-refractivity contribution >= 4 is 16.8 Å². The predicted octanol–water partition coefficient (Wildman–Crippen LogP) is 4.12. The molecule has 0 bridgehead atoms. The van der Waals surface area contributed by atoms with E-state index >= 15 is 0 Å². The van der Waals surface area contributed by atoms with Crippen LogP contribution in [0.5, 0.6) is 0 Å². The second kappa shape index (κ2) is 8.05. The highest BCUT2D eigenvalue weighted by atomic mass is 16.5. The molecular formula is C21H30N2O2. The Labute approximate surface area is 150 Å². The maximum absolute atomic E-state index is 12.3. The van der Waals surface area contributed by atoms with Crippen molar-refractivity contribution in [2.75, 3.05) is 6.54 Å². The molecule has 0 saturated heterocycles. The molecule has 1 aromatic heterocycles. The number of benzene rings is 1. The molecule has 2 aromatic rings. The molecule has 3 unspecified atom stereocenters. The Hall–Kier alpha value is -1.81. The van der Waals surface area contributed by atoms with Gasteiger partial charge in [-0.2, -0.15) is 0 Å². The number of fused-ring (bicyclic) bond motifs is 1. The molecule has 1 fully saturated rings. The Bertz CT molecular complexity index is 722. The lowest BCUT2D eigenvalue weighted by atomic mass is 9.88. The molecule has 1 aromatic carbocycles. The number of aromatic amines is 1. The summed E-state index contributed by atoms with van der Waals surface area (Å²) in [5, 5.41) is 4.26. The molecule has 1 saturated carbocycles. The van der Waals surface area contributed by atoms with Crippen LogP contribution in [0.1, 0.15) is 50.7 Å². The van der Waals surface area contributed by atoms with Gasteiger partial charge in [-0.25, -0.2) is 0 Å². The van der Waals surface area contributed by atoms with E-state index in [4.69, 9.17) is 4.74 Å². The average Bonchev–Trinajstić information content (AvgIpc) is 2.97. The summed E-state index contributed by atoms with van der Waals surface area (Å²) in [6.45, 7) is 6.86. The smallest absolute Gasteiger partial charge is 0.248 e. The van der Waals surface area contributed by atoms with E-state index in [0.717, 1.165) is 24.8 Å². The Morgan fingerprint density at radius 1 is 1.40 bits per heavy atom. The van der Waals surface area contributed by atoms with Gasteiger partial charge in [0, 0.05) is 23.6 Å². The molecule has 136 valence electrons. The van der Waals surface area contributed by atoms with Gasteiger partial charge in [0.25, 0.3) is 0 Å². The van der Waals surface area contributed by atoms with Gasteiger partial charge in [-0.05, 0) is 56.2 Å². The van der Waals surface area contributed by atoms with Crippen LogP contribution in [-0.2, 0) is 16.0 Å². The number of H-pyrrole nitrogens is 1. The third-order valence-corrected chi connectivity index (χ3v) is 5.27.